The summed E-state index contributed by atoms with van der Waals surface area (Å²) in [4.78, 5) is 22.2. The Morgan fingerprint density at radius 2 is 2.17 bits per heavy atom. The highest BCUT2D eigenvalue weighted by Crippen LogP contribution is 2.35. The van der Waals surface area contributed by atoms with Gasteiger partial charge in [0.15, 0.2) is 0 Å². The molecule has 2 unspecified atom stereocenters. The van der Waals surface area contributed by atoms with Gasteiger partial charge in [-0.15, -0.1) is 0 Å². The summed E-state index contributed by atoms with van der Waals surface area (Å²) in [6.07, 6.45) is -1.94. The molecule has 3 bridgehead atoms. The summed E-state index contributed by atoms with van der Waals surface area (Å²) in [7, 11) is 0. The molecule has 1 aromatic rings. The smallest absolute Gasteiger partial charge is 0.311 e. The van der Waals surface area contributed by atoms with Gasteiger partial charge in [-0.2, -0.15) is 0 Å². The van der Waals surface area contributed by atoms with E-state index in [2.05, 4.69) is 0 Å². The van der Waals surface area contributed by atoms with Crippen molar-refractivity contribution in [1.82, 2.24) is 0 Å². The van der Waals surface area contributed by atoms with E-state index in [0.717, 1.165) is 5.56 Å². The molecule has 0 aromatic heterocycles. The van der Waals surface area contributed by atoms with Gasteiger partial charge in [-0.25, -0.2) is 0 Å². The molecule has 1 aromatic carbocycles. The Hall–Kier alpha value is -2.08. The third-order valence-corrected chi connectivity index (χ3v) is 2.78. The van der Waals surface area contributed by atoms with Gasteiger partial charge >= 0.3 is 5.97 Å². The van der Waals surface area contributed by atoms with Gasteiger partial charge in [-0.3, -0.25) is 14.3 Å². The molecule has 1 N–H and O–H groups in total. The minimum atomic E-state index is -1.24. The van der Waals surface area contributed by atoms with E-state index in [-0.39, 0.29) is 0 Å². The molecule has 0 saturated heterocycles. The standard InChI is InChI=1S/C12H10O6/c13-8(5-10(14)15)12-16-7-1-2-9-6(3-7)4-11(17-9)18-12/h1-3,11-12H,4-5H2,(H,14,15). The number of fused-ring (bicyclic) bond motifs is 2. The molecular weight excluding hydrogens is 240 g/mol. The Balaban J connectivity index is 1.85. The quantitative estimate of drug-likeness (QED) is 0.796. The van der Waals surface area contributed by atoms with Gasteiger partial charge in [0.2, 0.25) is 12.1 Å². The zero-order chi connectivity index (χ0) is 12.7. The predicted molar refractivity (Wildman–Crippen MR) is 57.3 cm³/mol. The fourth-order valence-electron chi connectivity index (χ4n) is 2.01. The molecule has 6 heteroatoms. The summed E-state index contributed by atoms with van der Waals surface area (Å²) in [5.74, 6) is -0.665. The maximum Gasteiger partial charge on any atom is 0.311 e. The van der Waals surface area contributed by atoms with Crippen LogP contribution in [0, 0.1) is 0 Å². The van der Waals surface area contributed by atoms with E-state index >= 15 is 0 Å². The SMILES string of the molecule is O=C(O)CC(=O)C1Oc2ccc3c(c2)CC(O3)O1. The second-order valence-electron chi connectivity index (χ2n) is 4.14. The van der Waals surface area contributed by atoms with Gasteiger partial charge < -0.3 is 14.6 Å². The van der Waals surface area contributed by atoms with Crippen LogP contribution in [0.15, 0.2) is 18.2 Å². The van der Waals surface area contributed by atoms with Crippen molar-refractivity contribution < 1.29 is 28.9 Å². The van der Waals surface area contributed by atoms with Crippen LogP contribution in [-0.4, -0.2) is 29.4 Å². The third kappa shape index (κ3) is 1.91. The van der Waals surface area contributed by atoms with Crippen LogP contribution < -0.4 is 9.47 Å². The number of hydrogen-bond acceptors (Lipinski definition) is 5. The number of Topliss-reactive ketones (excluding diaryl/α,β-unsaturated/α-hetero) is 1. The van der Waals surface area contributed by atoms with Crippen molar-refractivity contribution in [2.75, 3.05) is 0 Å². The number of ether oxygens (including phenoxy) is 3. The van der Waals surface area contributed by atoms with Crippen LogP contribution in [0.2, 0.25) is 0 Å². The molecule has 0 aliphatic carbocycles. The topological polar surface area (TPSA) is 82.1 Å². The lowest BCUT2D eigenvalue weighted by Crippen LogP contribution is -2.37. The van der Waals surface area contributed by atoms with Gasteiger partial charge in [0.05, 0.1) is 0 Å². The molecule has 2 heterocycles. The van der Waals surface area contributed by atoms with Crippen molar-refractivity contribution in [2.24, 2.45) is 0 Å². The molecule has 0 saturated carbocycles. The molecule has 2 aliphatic heterocycles. The van der Waals surface area contributed by atoms with Crippen LogP contribution in [0.1, 0.15) is 12.0 Å². The van der Waals surface area contributed by atoms with Crippen molar-refractivity contribution in [3.05, 3.63) is 23.8 Å². The van der Waals surface area contributed by atoms with E-state index in [4.69, 9.17) is 19.3 Å². The lowest BCUT2D eigenvalue weighted by Gasteiger charge is -2.21. The summed E-state index contributed by atoms with van der Waals surface area (Å²) in [6.45, 7) is 0. The zero-order valence-electron chi connectivity index (χ0n) is 9.29. The molecule has 18 heavy (non-hydrogen) atoms. The van der Waals surface area contributed by atoms with Crippen molar-refractivity contribution in [1.29, 1.82) is 0 Å². The highest BCUT2D eigenvalue weighted by atomic mass is 16.8. The Bertz CT molecular complexity index is 523. The number of carbonyl (C=O) groups is 2. The summed E-state index contributed by atoms with van der Waals surface area (Å²) < 4.78 is 16.2. The maximum atomic E-state index is 11.7. The van der Waals surface area contributed by atoms with Crippen molar-refractivity contribution in [3.8, 4) is 11.5 Å². The van der Waals surface area contributed by atoms with Crippen LogP contribution >= 0.6 is 0 Å². The van der Waals surface area contributed by atoms with Crippen molar-refractivity contribution in [3.63, 3.8) is 0 Å². The molecule has 2 atom stereocenters. The number of carboxylic acids is 1. The molecule has 0 spiro atoms. The molecule has 0 radical (unpaired) electrons. The Kier molecular flexibility index (Phi) is 2.45. The van der Waals surface area contributed by atoms with Crippen LogP contribution in [0.4, 0.5) is 0 Å². The summed E-state index contributed by atoms with van der Waals surface area (Å²) in [5, 5.41) is 8.60. The average molecular weight is 250 g/mol. The fraction of sp³-hybridized carbons (Fsp3) is 0.333. The lowest BCUT2D eigenvalue weighted by molar-refractivity contribution is -0.187. The van der Waals surface area contributed by atoms with Gasteiger partial charge in [0.25, 0.3) is 6.29 Å². The normalized spacial score (nSPS) is 23.8. The second-order valence-corrected chi connectivity index (χ2v) is 4.14. The molecular formula is C12H10O6. The van der Waals surface area contributed by atoms with Gasteiger partial charge in [0, 0.05) is 12.0 Å². The van der Waals surface area contributed by atoms with E-state index in [9.17, 15) is 9.59 Å². The highest BCUT2D eigenvalue weighted by Gasteiger charge is 2.34. The minimum absolute atomic E-state index is 0.474. The lowest BCUT2D eigenvalue weighted by atomic mass is 10.1. The molecule has 0 amide bonds. The van der Waals surface area contributed by atoms with Crippen LogP contribution in [-0.2, 0) is 20.7 Å². The fourth-order valence-corrected chi connectivity index (χ4v) is 2.01. The summed E-state index contributed by atoms with van der Waals surface area (Å²) >= 11 is 0. The monoisotopic (exact) mass is 250 g/mol. The van der Waals surface area contributed by atoms with E-state index in [1.165, 1.54) is 0 Å². The highest BCUT2D eigenvalue weighted by molar-refractivity contribution is 5.96. The first kappa shape index (κ1) is 11.0. The third-order valence-electron chi connectivity index (χ3n) is 2.78. The zero-order valence-corrected chi connectivity index (χ0v) is 9.29. The number of aliphatic carboxylic acids is 1. The van der Waals surface area contributed by atoms with Gasteiger partial charge in [-0.05, 0) is 18.2 Å². The molecule has 0 fully saturated rings. The van der Waals surface area contributed by atoms with E-state index < -0.39 is 30.8 Å². The maximum absolute atomic E-state index is 11.7. The minimum Gasteiger partial charge on any atom is -0.481 e. The first-order valence-corrected chi connectivity index (χ1v) is 5.48. The van der Waals surface area contributed by atoms with Crippen LogP contribution in [0.5, 0.6) is 11.5 Å². The number of carboxylic acid groups (broad SMARTS) is 1. The largest absolute Gasteiger partial charge is 0.481 e. The molecule has 94 valence electrons. The number of benzene rings is 1. The van der Waals surface area contributed by atoms with Crippen molar-refractivity contribution >= 4 is 11.8 Å². The van der Waals surface area contributed by atoms with E-state index in [1.54, 1.807) is 18.2 Å². The number of ketones is 1. The van der Waals surface area contributed by atoms with Crippen molar-refractivity contribution in [2.45, 2.75) is 25.4 Å². The van der Waals surface area contributed by atoms with E-state index in [1.807, 2.05) is 0 Å². The summed E-state index contributed by atoms with van der Waals surface area (Å²) in [6, 6.07) is 5.19. The average Bonchev–Trinajstić information content (AvgIpc) is 2.70. The molecule has 2 aliphatic rings. The molecule has 6 nitrogen and oxygen atoms in total. The summed E-state index contributed by atoms with van der Waals surface area (Å²) in [5.41, 5.74) is 0.960. The first-order chi connectivity index (χ1) is 8.61. The molecule has 3 rings (SSSR count). The second kappa shape index (κ2) is 3.99. The Morgan fingerprint density at radius 3 is 2.94 bits per heavy atom. The number of hydrogen-bond donors (Lipinski definition) is 1. The van der Waals surface area contributed by atoms with Gasteiger partial charge in [-0.1, -0.05) is 0 Å². The number of carbonyl (C=O) groups excluding carboxylic acids is 1. The Labute approximate surface area is 102 Å². The van der Waals surface area contributed by atoms with Crippen LogP contribution in [0.3, 0.4) is 0 Å². The Morgan fingerprint density at radius 1 is 1.33 bits per heavy atom. The predicted octanol–water partition coefficient (Wildman–Crippen LogP) is 0.727. The number of rotatable bonds is 3. The van der Waals surface area contributed by atoms with E-state index in [0.29, 0.717) is 17.9 Å². The van der Waals surface area contributed by atoms with Gasteiger partial charge in [0.1, 0.15) is 17.9 Å². The first-order valence-electron chi connectivity index (χ1n) is 5.48. The van der Waals surface area contributed by atoms with Crippen LogP contribution in [0.25, 0.3) is 0 Å².